The van der Waals surface area contributed by atoms with E-state index in [2.05, 4.69) is 0 Å². The minimum atomic E-state index is -4.23. The molecule has 2 rings (SSSR count). The molecule has 2 aromatic rings. The van der Waals surface area contributed by atoms with Crippen molar-refractivity contribution in [1.82, 2.24) is 4.90 Å². The van der Waals surface area contributed by atoms with Crippen LogP contribution in [-0.2, 0) is 10.1 Å². The SMILES string of the molecule is C[N+](c1ccccc1)c1ccccc1S(=O)(=O)O. The maximum Gasteiger partial charge on any atom is 0.300 e. The van der Waals surface area contributed by atoms with Crippen molar-refractivity contribution < 1.29 is 13.0 Å². The van der Waals surface area contributed by atoms with Crippen LogP contribution in [0.25, 0.3) is 0 Å². The van der Waals surface area contributed by atoms with Crippen molar-refractivity contribution in [2.24, 2.45) is 0 Å². The summed E-state index contributed by atoms with van der Waals surface area (Å²) in [5, 5.41) is 0. The molecule has 0 saturated heterocycles. The number of anilines is 2. The molecule has 0 aliphatic heterocycles. The molecule has 1 N–H and O–H groups in total. The summed E-state index contributed by atoms with van der Waals surface area (Å²) in [6, 6.07) is 15.7. The molecule has 18 heavy (non-hydrogen) atoms. The van der Waals surface area contributed by atoms with E-state index < -0.39 is 10.1 Å². The van der Waals surface area contributed by atoms with Crippen LogP contribution in [-0.4, -0.2) is 20.0 Å². The van der Waals surface area contributed by atoms with Crippen LogP contribution in [0.2, 0.25) is 0 Å². The zero-order valence-electron chi connectivity index (χ0n) is 9.82. The second kappa shape index (κ2) is 4.89. The van der Waals surface area contributed by atoms with E-state index in [0.717, 1.165) is 5.69 Å². The lowest BCUT2D eigenvalue weighted by molar-refractivity contribution is 0.482. The van der Waals surface area contributed by atoms with Crippen LogP contribution >= 0.6 is 0 Å². The van der Waals surface area contributed by atoms with Gasteiger partial charge >= 0.3 is 10.1 Å². The highest BCUT2D eigenvalue weighted by atomic mass is 32.2. The molecule has 0 heterocycles. The predicted molar refractivity (Wildman–Crippen MR) is 70.1 cm³/mol. The fraction of sp³-hybridized carbons (Fsp3) is 0.0769. The van der Waals surface area contributed by atoms with Crippen LogP contribution in [0.1, 0.15) is 0 Å². The Bertz CT molecular complexity index is 638. The first-order chi connectivity index (χ1) is 8.50. The highest BCUT2D eigenvalue weighted by molar-refractivity contribution is 7.86. The van der Waals surface area contributed by atoms with Gasteiger partial charge in [0, 0.05) is 18.2 Å². The van der Waals surface area contributed by atoms with Gasteiger partial charge in [0.1, 0.15) is 7.05 Å². The van der Waals surface area contributed by atoms with Gasteiger partial charge in [-0.15, -0.1) is 0 Å². The molecule has 0 bridgehead atoms. The quantitative estimate of drug-likeness (QED) is 0.684. The van der Waals surface area contributed by atoms with E-state index >= 15 is 0 Å². The maximum atomic E-state index is 11.3. The zero-order chi connectivity index (χ0) is 13.2. The Labute approximate surface area is 106 Å². The predicted octanol–water partition coefficient (Wildman–Crippen LogP) is 2.67. The Morgan fingerprint density at radius 2 is 1.50 bits per heavy atom. The number of hydrogen-bond acceptors (Lipinski definition) is 3. The van der Waals surface area contributed by atoms with E-state index in [1.54, 1.807) is 30.1 Å². The number of nitrogens with zero attached hydrogens (tertiary/aromatic N) is 1. The van der Waals surface area contributed by atoms with Crippen molar-refractivity contribution in [2.75, 3.05) is 7.05 Å². The Kier molecular flexibility index (Phi) is 3.47. The molecule has 0 fully saturated rings. The van der Waals surface area contributed by atoms with Gasteiger partial charge in [-0.05, 0) is 6.07 Å². The lowest BCUT2D eigenvalue weighted by Gasteiger charge is -2.08. The third-order valence-electron chi connectivity index (χ3n) is 2.65. The molecule has 1 radical (unpaired) electrons. The fourth-order valence-electron chi connectivity index (χ4n) is 1.74. The third-order valence-corrected chi connectivity index (χ3v) is 3.55. The molecule has 0 aliphatic rings. The molecule has 0 unspecified atom stereocenters. The van der Waals surface area contributed by atoms with Crippen molar-refractivity contribution in [3.63, 3.8) is 0 Å². The zero-order valence-corrected chi connectivity index (χ0v) is 10.6. The largest absolute Gasteiger partial charge is 0.300 e. The lowest BCUT2D eigenvalue weighted by atomic mass is 10.2. The maximum absolute atomic E-state index is 11.3. The van der Waals surface area contributed by atoms with Gasteiger partial charge in [-0.25, -0.2) is 0 Å². The molecule has 0 aliphatic carbocycles. The fourth-order valence-corrected chi connectivity index (χ4v) is 2.46. The second-order valence-corrected chi connectivity index (χ2v) is 5.23. The van der Waals surface area contributed by atoms with E-state index in [1.807, 2.05) is 30.3 Å². The average molecular weight is 263 g/mol. The van der Waals surface area contributed by atoms with Gasteiger partial charge in [-0.2, -0.15) is 8.42 Å². The normalized spacial score (nSPS) is 11.7. The van der Waals surface area contributed by atoms with Gasteiger partial charge in [-0.1, -0.05) is 35.2 Å². The van der Waals surface area contributed by atoms with Crippen molar-refractivity contribution in [2.45, 2.75) is 4.90 Å². The molecule has 4 nitrogen and oxygen atoms in total. The first-order valence-corrected chi connectivity index (χ1v) is 6.79. The molecular formula is C13H13NO3S+. The van der Waals surface area contributed by atoms with Crippen molar-refractivity contribution in [3.8, 4) is 0 Å². The smallest absolute Gasteiger partial charge is 0.282 e. The van der Waals surface area contributed by atoms with Crippen LogP contribution in [0.3, 0.4) is 0 Å². The Morgan fingerprint density at radius 1 is 0.944 bits per heavy atom. The van der Waals surface area contributed by atoms with Crippen LogP contribution in [0.15, 0.2) is 59.5 Å². The van der Waals surface area contributed by atoms with E-state index in [0.29, 0.717) is 5.69 Å². The molecule has 0 saturated carbocycles. The Hall–Kier alpha value is -1.69. The van der Waals surface area contributed by atoms with Gasteiger partial charge in [0.25, 0.3) is 0 Å². The van der Waals surface area contributed by atoms with Crippen molar-refractivity contribution >= 4 is 21.5 Å². The molecule has 0 atom stereocenters. The van der Waals surface area contributed by atoms with Crippen LogP contribution in [0.5, 0.6) is 0 Å². The molecule has 2 aromatic carbocycles. The first kappa shape index (κ1) is 12.8. The van der Waals surface area contributed by atoms with Gasteiger partial charge in [0.05, 0.1) is 0 Å². The third kappa shape index (κ3) is 2.59. The summed E-state index contributed by atoms with van der Waals surface area (Å²) in [5.74, 6) is 0. The van der Waals surface area contributed by atoms with E-state index in [9.17, 15) is 13.0 Å². The summed E-state index contributed by atoms with van der Waals surface area (Å²) < 4.78 is 31.8. The molecular weight excluding hydrogens is 250 g/mol. The Balaban J connectivity index is 2.53. The summed E-state index contributed by atoms with van der Waals surface area (Å²) in [7, 11) is -2.48. The van der Waals surface area contributed by atoms with E-state index in [4.69, 9.17) is 0 Å². The standard InChI is InChI=1S/C13H13NO3S/c1-14(11-7-3-2-4-8-11)12-9-5-6-10-13(12)18(15,16)17/h2-10H,1H3,(H,15,16,17)/q+1. The highest BCUT2D eigenvalue weighted by Gasteiger charge is 2.26. The van der Waals surface area contributed by atoms with Crippen LogP contribution in [0.4, 0.5) is 11.4 Å². The van der Waals surface area contributed by atoms with Gasteiger partial charge < -0.3 is 0 Å². The second-order valence-electron chi connectivity index (χ2n) is 3.84. The summed E-state index contributed by atoms with van der Waals surface area (Å²) in [6.07, 6.45) is 0. The van der Waals surface area contributed by atoms with Crippen molar-refractivity contribution in [1.29, 1.82) is 0 Å². The summed E-state index contributed by atoms with van der Waals surface area (Å²) in [5.41, 5.74) is 1.28. The summed E-state index contributed by atoms with van der Waals surface area (Å²) in [6.45, 7) is 0. The number of rotatable bonds is 3. The van der Waals surface area contributed by atoms with E-state index in [1.165, 1.54) is 6.07 Å². The molecule has 0 spiro atoms. The molecule has 0 amide bonds. The van der Waals surface area contributed by atoms with Crippen LogP contribution < -0.4 is 4.90 Å². The number of hydrogen-bond donors (Lipinski definition) is 1. The molecule has 93 valence electrons. The van der Waals surface area contributed by atoms with Gasteiger partial charge in [0.15, 0.2) is 10.6 Å². The minimum Gasteiger partial charge on any atom is -0.282 e. The lowest BCUT2D eigenvalue weighted by Crippen LogP contribution is -2.14. The number of para-hydroxylation sites is 2. The molecule has 0 aromatic heterocycles. The molecule has 5 heteroatoms. The van der Waals surface area contributed by atoms with E-state index in [-0.39, 0.29) is 4.90 Å². The monoisotopic (exact) mass is 263 g/mol. The minimum absolute atomic E-state index is 0.101. The first-order valence-electron chi connectivity index (χ1n) is 5.35. The van der Waals surface area contributed by atoms with Gasteiger partial charge in [0.2, 0.25) is 5.69 Å². The number of benzene rings is 2. The Morgan fingerprint density at radius 3 is 2.11 bits per heavy atom. The summed E-state index contributed by atoms with van der Waals surface area (Å²) in [4.78, 5) is 1.61. The average Bonchev–Trinajstić information content (AvgIpc) is 2.38. The highest BCUT2D eigenvalue weighted by Crippen LogP contribution is 2.28. The van der Waals surface area contributed by atoms with Crippen molar-refractivity contribution in [3.05, 3.63) is 54.6 Å². The topological polar surface area (TPSA) is 60.3 Å². The van der Waals surface area contributed by atoms with Gasteiger partial charge in [-0.3, -0.25) is 4.55 Å². The van der Waals surface area contributed by atoms with Crippen LogP contribution in [0, 0.1) is 0 Å². The summed E-state index contributed by atoms with van der Waals surface area (Å²) >= 11 is 0.